The van der Waals surface area contributed by atoms with Gasteiger partial charge in [-0.1, -0.05) is 18.2 Å². The largest absolute Gasteiger partial charge is 0.339 e. The van der Waals surface area contributed by atoms with Crippen molar-refractivity contribution in [2.24, 2.45) is 0 Å². The summed E-state index contributed by atoms with van der Waals surface area (Å²) >= 11 is 1.44. The zero-order valence-electron chi connectivity index (χ0n) is 17.0. The highest BCUT2D eigenvalue weighted by atomic mass is 32.2. The smallest absolute Gasteiger partial charge is 0.253 e. The molecule has 2 aromatic rings. The monoisotopic (exact) mass is 423 g/mol. The number of nitrogens with one attached hydrogen (secondary N) is 1. The number of rotatable bonds is 4. The number of carbonyl (C=O) groups is 3. The average molecular weight is 424 g/mol. The third kappa shape index (κ3) is 4.36. The van der Waals surface area contributed by atoms with E-state index in [1.807, 2.05) is 48.2 Å². The van der Waals surface area contributed by atoms with Gasteiger partial charge in [0.25, 0.3) is 5.91 Å². The van der Waals surface area contributed by atoms with E-state index >= 15 is 0 Å². The Morgan fingerprint density at radius 2 is 1.83 bits per heavy atom. The van der Waals surface area contributed by atoms with E-state index in [2.05, 4.69) is 5.32 Å². The van der Waals surface area contributed by atoms with Crippen LogP contribution in [-0.2, 0) is 9.59 Å². The number of amides is 3. The van der Waals surface area contributed by atoms with Crippen LogP contribution in [0.4, 0.5) is 11.4 Å². The summed E-state index contributed by atoms with van der Waals surface area (Å²) in [6.45, 7) is 3.38. The van der Waals surface area contributed by atoms with Crippen LogP contribution in [0.1, 0.15) is 35.2 Å². The predicted molar refractivity (Wildman–Crippen MR) is 119 cm³/mol. The lowest BCUT2D eigenvalue weighted by atomic mass is 10.1. The minimum Gasteiger partial charge on any atom is -0.339 e. The van der Waals surface area contributed by atoms with Gasteiger partial charge in [0.05, 0.1) is 11.4 Å². The molecule has 0 radical (unpaired) electrons. The van der Waals surface area contributed by atoms with Crippen molar-refractivity contribution in [3.8, 4) is 0 Å². The Balaban J connectivity index is 1.55. The van der Waals surface area contributed by atoms with Crippen LogP contribution in [0.15, 0.2) is 47.4 Å². The number of para-hydroxylation sites is 1. The summed E-state index contributed by atoms with van der Waals surface area (Å²) in [4.78, 5) is 42.5. The van der Waals surface area contributed by atoms with E-state index < -0.39 is 0 Å². The lowest BCUT2D eigenvalue weighted by molar-refractivity contribution is -0.120. The van der Waals surface area contributed by atoms with Crippen LogP contribution in [-0.4, -0.2) is 48.0 Å². The number of anilines is 2. The lowest BCUT2D eigenvalue weighted by Crippen LogP contribution is -2.41. The average Bonchev–Trinajstić information content (AvgIpc) is 2.77. The second-order valence-electron chi connectivity index (χ2n) is 7.67. The fraction of sp³-hybridized carbons (Fsp3) is 0.348. The molecule has 0 atom stereocenters. The number of fused-ring (bicyclic) bond motifs is 1. The molecule has 1 fully saturated rings. The van der Waals surface area contributed by atoms with Gasteiger partial charge in [0.15, 0.2) is 0 Å². The molecule has 2 aliphatic rings. The fourth-order valence-corrected chi connectivity index (χ4v) is 4.75. The van der Waals surface area contributed by atoms with Crippen LogP contribution < -0.4 is 10.2 Å². The summed E-state index contributed by atoms with van der Waals surface area (Å²) in [6.07, 6.45) is 3.20. The molecule has 3 amide bonds. The van der Waals surface area contributed by atoms with Gasteiger partial charge in [-0.15, -0.1) is 11.8 Å². The fourth-order valence-electron chi connectivity index (χ4n) is 3.83. The van der Waals surface area contributed by atoms with E-state index in [0.29, 0.717) is 11.3 Å². The Bertz CT molecular complexity index is 985. The number of carbonyl (C=O) groups excluding carboxylic acids is 3. The van der Waals surface area contributed by atoms with E-state index in [-0.39, 0.29) is 30.0 Å². The summed E-state index contributed by atoms with van der Waals surface area (Å²) in [5.41, 5.74) is 2.89. The van der Waals surface area contributed by atoms with Gasteiger partial charge in [-0.05, 0) is 56.0 Å². The molecule has 0 aliphatic carbocycles. The Morgan fingerprint density at radius 1 is 1.07 bits per heavy atom. The highest BCUT2D eigenvalue weighted by molar-refractivity contribution is 8.00. The number of hydrogen-bond acceptors (Lipinski definition) is 4. The van der Waals surface area contributed by atoms with Gasteiger partial charge in [-0.3, -0.25) is 14.4 Å². The molecule has 2 aliphatic heterocycles. The van der Waals surface area contributed by atoms with Crippen molar-refractivity contribution in [2.75, 3.05) is 35.6 Å². The van der Waals surface area contributed by atoms with Crippen molar-refractivity contribution < 1.29 is 14.4 Å². The maximum Gasteiger partial charge on any atom is 0.253 e. The minimum atomic E-state index is -0.261. The van der Waals surface area contributed by atoms with E-state index in [9.17, 15) is 14.4 Å². The summed E-state index contributed by atoms with van der Waals surface area (Å²) in [5, 5.41) is 2.88. The highest BCUT2D eigenvalue weighted by Crippen LogP contribution is 2.36. The van der Waals surface area contributed by atoms with Crippen molar-refractivity contribution in [1.82, 2.24) is 4.90 Å². The van der Waals surface area contributed by atoms with Gasteiger partial charge in [-0.2, -0.15) is 0 Å². The van der Waals surface area contributed by atoms with Crippen LogP contribution in [0.3, 0.4) is 0 Å². The van der Waals surface area contributed by atoms with Crippen molar-refractivity contribution in [2.45, 2.75) is 31.1 Å². The SMILES string of the molecule is Cc1ccccc1NC(=O)CN1C(=O)CSc2ccc(C(=O)N3CCCCC3)cc21. The van der Waals surface area contributed by atoms with Gasteiger partial charge < -0.3 is 15.1 Å². The molecule has 1 saturated heterocycles. The third-order valence-electron chi connectivity index (χ3n) is 5.51. The maximum absolute atomic E-state index is 12.9. The third-order valence-corrected chi connectivity index (χ3v) is 6.56. The van der Waals surface area contributed by atoms with Gasteiger partial charge in [-0.25, -0.2) is 0 Å². The summed E-state index contributed by atoms with van der Waals surface area (Å²) < 4.78 is 0. The first kappa shape index (κ1) is 20.5. The first-order chi connectivity index (χ1) is 14.5. The van der Waals surface area contributed by atoms with E-state index in [1.54, 1.807) is 6.07 Å². The number of hydrogen-bond donors (Lipinski definition) is 1. The van der Waals surface area contributed by atoms with E-state index in [0.717, 1.165) is 48.5 Å². The molecule has 0 saturated carbocycles. The van der Waals surface area contributed by atoms with Crippen molar-refractivity contribution in [3.05, 3.63) is 53.6 Å². The Labute approximate surface area is 180 Å². The lowest BCUT2D eigenvalue weighted by Gasteiger charge is -2.30. The molecule has 0 unspecified atom stereocenters. The number of likely N-dealkylation sites (tertiary alicyclic amines) is 1. The first-order valence-corrected chi connectivity index (χ1v) is 11.2. The van der Waals surface area contributed by atoms with Crippen LogP contribution in [0.5, 0.6) is 0 Å². The second-order valence-corrected chi connectivity index (χ2v) is 8.68. The number of aryl methyl sites for hydroxylation is 1. The molecule has 1 N–H and O–H groups in total. The molecule has 2 heterocycles. The molecule has 4 rings (SSSR count). The topological polar surface area (TPSA) is 69.7 Å². The molecule has 0 spiro atoms. The molecular weight excluding hydrogens is 398 g/mol. The van der Waals surface area contributed by atoms with Gasteiger partial charge in [0.1, 0.15) is 6.54 Å². The number of piperidine rings is 1. The summed E-state index contributed by atoms with van der Waals surface area (Å²) in [7, 11) is 0. The Hall–Kier alpha value is -2.80. The standard InChI is InChI=1S/C23H25N3O3S/c1-16-7-3-4-8-18(16)24-21(27)14-26-19-13-17(9-10-20(19)30-15-22(26)28)23(29)25-11-5-2-6-12-25/h3-4,7-10,13H,2,5-6,11-12,14-15H2,1H3,(H,24,27). The second kappa shape index (κ2) is 8.92. The van der Waals surface area contributed by atoms with Gasteiger partial charge >= 0.3 is 0 Å². The van der Waals surface area contributed by atoms with Crippen LogP contribution >= 0.6 is 11.8 Å². The summed E-state index contributed by atoms with van der Waals surface area (Å²) in [5.74, 6) is -0.118. The normalized spacial score (nSPS) is 16.2. The van der Waals surface area contributed by atoms with Gasteiger partial charge in [0.2, 0.25) is 11.8 Å². The first-order valence-electron chi connectivity index (χ1n) is 10.2. The van der Waals surface area contributed by atoms with E-state index in [4.69, 9.17) is 0 Å². The van der Waals surface area contributed by atoms with Crippen molar-refractivity contribution >= 4 is 40.9 Å². The number of nitrogens with zero attached hydrogens (tertiary/aromatic N) is 2. The zero-order chi connectivity index (χ0) is 21.1. The quantitative estimate of drug-likeness (QED) is 0.814. The minimum absolute atomic E-state index is 0.00941. The van der Waals surface area contributed by atoms with Crippen molar-refractivity contribution in [3.63, 3.8) is 0 Å². The molecule has 156 valence electrons. The zero-order valence-corrected chi connectivity index (χ0v) is 17.8. The van der Waals surface area contributed by atoms with Crippen molar-refractivity contribution in [1.29, 1.82) is 0 Å². The Kier molecular flexibility index (Phi) is 6.08. The molecule has 2 aromatic carbocycles. The molecule has 7 heteroatoms. The van der Waals surface area contributed by atoms with Crippen LogP contribution in [0.25, 0.3) is 0 Å². The van der Waals surface area contributed by atoms with E-state index in [1.165, 1.54) is 16.7 Å². The molecule has 6 nitrogen and oxygen atoms in total. The predicted octanol–water partition coefficient (Wildman–Crippen LogP) is 3.70. The molecule has 0 aromatic heterocycles. The molecular formula is C23H25N3O3S. The summed E-state index contributed by atoms with van der Waals surface area (Å²) in [6, 6.07) is 13.0. The number of benzene rings is 2. The van der Waals surface area contributed by atoms with Gasteiger partial charge in [0, 0.05) is 29.2 Å². The molecule has 30 heavy (non-hydrogen) atoms. The van der Waals surface area contributed by atoms with Crippen LogP contribution in [0.2, 0.25) is 0 Å². The Morgan fingerprint density at radius 3 is 2.60 bits per heavy atom. The van der Waals surface area contributed by atoms with Crippen LogP contribution in [0, 0.1) is 6.92 Å². The maximum atomic E-state index is 12.9. The number of thioether (sulfide) groups is 1. The highest BCUT2D eigenvalue weighted by Gasteiger charge is 2.28. The molecule has 0 bridgehead atoms.